The number of aliphatic carboxylic acids is 1. The fourth-order valence-electron chi connectivity index (χ4n) is 1.51. The highest BCUT2D eigenvalue weighted by Gasteiger charge is 2.19. The van der Waals surface area contributed by atoms with Gasteiger partial charge in [0.25, 0.3) is 0 Å². The van der Waals surface area contributed by atoms with Crippen molar-refractivity contribution in [2.75, 3.05) is 0 Å². The topological polar surface area (TPSA) is 75.6 Å². The van der Waals surface area contributed by atoms with Crippen LogP contribution in [0.25, 0.3) is 0 Å². The zero-order chi connectivity index (χ0) is 14.2. The lowest BCUT2D eigenvalue weighted by atomic mass is 10.1. The van der Waals surface area contributed by atoms with Gasteiger partial charge in [0, 0.05) is 12.5 Å². The van der Waals surface area contributed by atoms with Crippen molar-refractivity contribution < 1.29 is 19.4 Å². The standard InChI is InChI=1S/C13H25NO4/c1-5-6-7-10(8-9-11(15)16)14-12(17)18-13(2,3)4/h10H,5-9H2,1-4H3,(H,14,17)(H,15,16)/t10-/m1/s1. The van der Waals surface area contributed by atoms with Crippen LogP contribution in [0.2, 0.25) is 0 Å². The minimum Gasteiger partial charge on any atom is -0.481 e. The van der Waals surface area contributed by atoms with Crippen molar-refractivity contribution in [2.45, 2.75) is 71.4 Å². The Kier molecular flexibility index (Phi) is 7.39. The van der Waals surface area contributed by atoms with Crippen LogP contribution in [0.5, 0.6) is 0 Å². The summed E-state index contributed by atoms with van der Waals surface area (Å²) in [5.74, 6) is -0.845. The van der Waals surface area contributed by atoms with Crippen molar-refractivity contribution >= 4 is 12.1 Å². The van der Waals surface area contributed by atoms with Gasteiger partial charge in [-0.05, 0) is 33.6 Å². The summed E-state index contributed by atoms with van der Waals surface area (Å²) in [4.78, 5) is 22.1. The van der Waals surface area contributed by atoms with Gasteiger partial charge in [-0.25, -0.2) is 4.79 Å². The van der Waals surface area contributed by atoms with Gasteiger partial charge in [-0.3, -0.25) is 4.79 Å². The van der Waals surface area contributed by atoms with E-state index in [9.17, 15) is 9.59 Å². The summed E-state index contributed by atoms with van der Waals surface area (Å²) in [6.45, 7) is 7.45. The smallest absolute Gasteiger partial charge is 0.407 e. The molecule has 0 saturated carbocycles. The zero-order valence-corrected chi connectivity index (χ0v) is 11.8. The fraction of sp³-hybridized carbons (Fsp3) is 0.846. The minimum absolute atomic E-state index is 0.0597. The van der Waals surface area contributed by atoms with Gasteiger partial charge >= 0.3 is 12.1 Å². The number of carboxylic acid groups (broad SMARTS) is 1. The summed E-state index contributed by atoms with van der Waals surface area (Å²) < 4.78 is 5.16. The van der Waals surface area contributed by atoms with Gasteiger partial charge in [0.2, 0.25) is 0 Å². The maximum absolute atomic E-state index is 11.6. The Bertz CT molecular complexity index is 271. The summed E-state index contributed by atoms with van der Waals surface area (Å²) in [5.41, 5.74) is -0.536. The molecule has 0 fully saturated rings. The van der Waals surface area contributed by atoms with Crippen molar-refractivity contribution in [2.24, 2.45) is 0 Å². The minimum atomic E-state index is -0.845. The van der Waals surface area contributed by atoms with Crippen LogP contribution in [0.1, 0.15) is 59.8 Å². The molecule has 0 aliphatic rings. The fourth-order valence-corrected chi connectivity index (χ4v) is 1.51. The highest BCUT2D eigenvalue weighted by molar-refractivity contribution is 5.69. The largest absolute Gasteiger partial charge is 0.481 e. The molecule has 0 radical (unpaired) electrons. The van der Waals surface area contributed by atoms with E-state index in [0.29, 0.717) is 6.42 Å². The third-order valence-electron chi connectivity index (χ3n) is 2.33. The van der Waals surface area contributed by atoms with E-state index in [4.69, 9.17) is 9.84 Å². The van der Waals surface area contributed by atoms with Crippen molar-refractivity contribution in [3.63, 3.8) is 0 Å². The Morgan fingerprint density at radius 3 is 2.33 bits per heavy atom. The van der Waals surface area contributed by atoms with Gasteiger partial charge in [0.15, 0.2) is 0 Å². The number of rotatable bonds is 7. The Balaban J connectivity index is 4.20. The first kappa shape index (κ1) is 16.7. The maximum atomic E-state index is 11.6. The van der Waals surface area contributed by atoms with E-state index >= 15 is 0 Å². The van der Waals surface area contributed by atoms with Crippen LogP contribution in [0.15, 0.2) is 0 Å². The van der Waals surface area contributed by atoms with Crippen LogP contribution in [-0.4, -0.2) is 28.8 Å². The summed E-state index contributed by atoms with van der Waals surface area (Å²) in [6, 6.07) is -0.129. The van der Waals surface area contributed by atoms with Gasteiger partial charge in [-0.1, -0.05) is 19.8 Å². The number of carbonyl (C=O) groups excluding carboxylic acids is 1. The molecule has 0 aliphatic heterocycles. The Hall–Kier alpha value is -1.26. The number of ether oxygens (including phenoxy) is 1. The highest BCUT2D eigenvalue weighted by Crippen LogP contribution is 2.10. The summed E-state index contributed by atoms with van der Waals surface area (Å²) in [7, 11) is 0. The number of nitrogens with one attached hydrogen (secondary N) is 1. The molecular formula is C13H25NO4. The van der Waals surface area contributed by atoms with Gasteiger partial charge < -0.3 is 15.2 Å². The molecule has 106 valence electrons. The molecule has 2 N–H and O–H groups in total. The van der Waals surface area contributed by atoms with Crippen molar-refractivity contribution in [1.29, 1.82) is 0 Å². The second-order valence-corrected chi connectivity index (χ2v) is 5.42. The van der Waals surface area contributed by atoms with Crippen LogP contribution in [0.4, 0.5) is 4.79 Å². The van der Waals surface area contributed by atoms with E-state index in [1.165, 1.54) is 0 Å². The maximum Gasteiger partial charge on any atom is 0.407 e. The Labute approximate surface area is 109 Å². The lowest BCUT2D eigenvalue weighted by Gasteiger charge is -2.23. The lowest BCUT2D eigenvalue weighted by molar-refractivity contribution is -0.137. The third-order valence-corrected chi connectivity index (χ3v) is 2.33. The SMILES string of the molecule is CCCC[C@H](CCC(=O)O)NC(=O)OC(C)(C)C. The molecule has 0 unspecified atom stereocenters. The van der Waals surface area contributed by atoms with E-state index in [1.807, 2.05) is 0 Å². The van der Waals surface area contributed by atoms with Crippen molar-refractivity contribution in [3.05, 3.63) is 0 Å². The first-order valence-corrected chi connectivity index (χ1v) is 6.46. The van der Waals surface area contributed by atoms with E-state index in [0.717, 1.165) is 19.3 Å². The predicted molar refractivity (Wildman–Crippen MR) is 69.6 cm³/mol. The molecule has 0 aromatic rings. The second-order valence-electron chi connectivity index (χ2n) is 5.42. The number of carbonyl (C=O) groups is 2. The quantitative estimate of drug-likeness (QED) is 0.737. The van der Waals surface area contributed by atoms with Crippen LogP contribution in [0, 0.1) is 0 Å². The van der Waals surface area contributed by atoms with Crippen molar-refractivity contribution in [1.82, 2.24) is 5.32 Å². The lowest BCUT2D eigenvalue weighted by Crippen LogP contribution is -2.39. The molecule has 0 spiro atoms. The Morgan fingerprint density at radius 1 is 1.28 bits per heavy atom. The van der Waals surface area contributed by atoms with Gasteiger partial charge in [0.1, 0.15) is 5.60 Å². The number of alkyl carbamates (subject to hydrolysis) is 1. The summed E-state index contributed by atoms with van der Waals surface area (Å²) in [6.07, 6.45) is 2.77. The predicted octanol–water partition coefficient (Wildman–Crippen LogP) is 2.93. The van der Waals surface area contributed by atoms with Crippen molar-refractivity contribution in [3.8, 4) is 0 Å². The number of carboxylic acids is 1. The number of amides is 1. The van der Waals surface area contributed by atoms with Crippen LogP contribution >= 0.6 is 0 Å². The average molecular weight is 259 g/mol. The number of hydrogen-bond donors (Lipinski definition) is 2. The normalized spacial score (nSPS) is 12.9. The van der Waals surface area contributed by atoms with E-state index < -0.39 is 17.7 Å². The van der Waals surface area contributed by atoms with E-state index in [-0.39, 0.29) is 12.5 Å². The molecule has 0 rings (SSSR count). The molecule has 1 atom stereocenters. The van der Waals surface area contributed by atoms with E-state index in [2.05, 4.69) is 12.2 Å². The highest BCUT2D eigenvalue weighted by atomic mass is 16.6. The number of hydrogen-bond acceptors (Lipinski definition) is 3. The molecule has 0 bridgehead atoms. The molecule has 0 heterocycles. The van der Waals surface area contributed by atoms with Crippen LogP contribution < -0.4 is 5.32 Å². The summed E-state index contributed by atoms with van der Waals surface area (Å²) >= 11 is 0. The summed E-state index contributed by atoms with van der Waals surface area (Å²) in [5, 5.41) is 11.4. The second kappa shape index (κ2) is 7.95. The zero-order valence-electron chi connectivity index (χ0n) is 11.8. The molecule has 0 aromatic heterocycles. The van der Waals surface area contributed by atoms with Crippen LogP contribution in [0.3, 0.4) is 0 Å². The third kappa shape index (κ3) is 9.93. The monoisotopic (exact) mass is 259 g/mol. The van der Waals surface area contributed by atoms with E-state index in [1.54, 1.807) is 20.8 Å². The molecule has 5 nitrogen and oxygen atoms in total. The first-order chi connectivity index (χ1) is 8.24. The molecular weight excluding hydrogens is 234 g/mol. The number of unbranched alkanes of at least 4 members (excludes halogenated alkanes) is 1. The molecule has 0 saturated heterocycles. The van der Waals surface area contributed by atoms with Gasteiger partial charge in [-0.2, -0.15) is 0 Å². The molecule has 5 heteroatoms. The molecule has 0 aromatic carbocycles. The van der Waals surface area contributed by atoms with Gasteiger partial charge in [-0.15, -0.1) is 0 Å². The molecule has 1 amide bonds. The first-order valence-electron chi connectivity index (χ1n) is 6.46. The molecule has 0 aliphatic carbocycles. The molecule has 18 heavy (non-hydrogen) atoms. The average Bonchev–Trinajstić information content (AvgIpc) is 2.19. The Morgan fingerprint density at radius 2 is 1.89 bits per heavy atom. The van der Waals surface area contributed by atoms with Gasteiger partial charge in [0.05, 0.1) is 0 Å². The van der Waals surface area contributed by atoms with Crippen LogP contribution in [-0.2, 0) is 9.53 Å².